The Bertz CT molecular complexity index is 1220. The fourth-order valence-corrected chi connectivity index (χ4v) is 6.62. The molecule has 6 rings (SSSR count). The molecule has 4 atom stereocenters. The molecule has 2 aliphatic heterocycles. The summed E-state index contributed by atoms with van der Waals surface area (Å²) in [4.78, 5) is 7.42. The SMILES string of the molecule is Cc1cc(N2C[C@H]3CC[C@@H](C2)C3Cc2nc3n(n2)CCCC[C@H]3c2cccc(C(F)(F)F)c2)cnn1. The summed E-state index contributed by atoms with van der Waals surface area (Å²) in [5, 5.41) is 13.1. The number of fused-ring (bicyclic) bond motifs is 3. The molecule has 9 heteroatoms. The van der Waals surface area contributed by atoms with Crippen molar-refractivity contribution in [2.45, 2.75) is 64.1 Å². The van der Waals surface area contributed by atoms with Gasteiger partial charge in [0.25, 0.3) is 0 Å². The number of halogens is 3. The number of anilines is 1. The number of hydrogen-bond acceptors (Lipinski definition) is 5. The van der Waals surface area contributed by atoms with Gasteiger partial charge in [-0.25, -0.2) is 9.67 Å². The molecule has 36 heavy (non-hydrogen) atoms. The highest BCUT2D eigenvalue weighted by Crippen LogP contribution is 2.45. The second-order valence-electron chi connectivity index (χ2n) is 10.7. The normalized spacial score (nSPS) is 26.1. The first-order valence-corrected chi connectivity index (χ1v) is 13.0. The summed E-state index contributed by atoms with van der Waals surface area (Å²) in [5.41, 5.74) is 2.16. The van der Waals surface area contributed by atoms with Crippen LogP contribution in [0.3, 0.4) is 0 Å². The van der Waals surface area contributed by atoms with Crippen molar-refractivity contribution in [3.63, 3.8) is 0 Å². The number of aromatic nitrogens is 5. The first-order valence-electron chi connectivity index (χ1n) is 13.0. The zero-order chi connectivity index (χ0) is 24.9. The monoisotopic (exact) mass is 496 g/mol. The van der Waals surface area contributed by atoms with Gasteiger partial charge in [-0.3, -0.25) is 0 Å². The van der Waals surface area contributed by atoms with Crippen molar-refractivity contribution in [1.82, 2.24) is 25.0 Å². The molecule has 2 aromatic heterocycles. The zero-order valence-electron chi connectivity index (χ0n) is 20.5. The van der Waals surface area contributed by atoms with Gasteiger partial charge in [0.15, 0.2) is 5.82 Å². The highest BCUT2D eigenvalue weighted by Gasteiger charge is 2.43. The molecule has 2 bridgehead atoms. The van der Waals surface area contributed by atoms with Gasteiger partial charge < -0.3 is 4.90 Å². The molecule has 0 spiro atoms. The minimum atomic E-state index is -4.35. The minimum Gasteiger partial charge on any atom is -0.370 e. The van der Waals surface area contributed by atoms with Crippen LogP contribution in [0.25, 0.3) is 0 Å². The van der Waals surface area contributed by atoms with Gasteiger partial charge in [0.05, 0.1) is 23.1 Å². The van der Waals surface area contributed by atoms with Crippen LogP contribution in [0.1, 0.15) is 66.5 Å². The summed E-state index contributed by atoms with van der Waals surface area (Å²) < 4.78 is 42.1. The first-order chi connectivity index (χ1) is 17.3. The topological polar surface area (TPSA) is 59.7 Å². The van der Waals surface area contributed by atoms with E-state index in [1.54, 1.807) is 6.07 Å². The quantitative estimate of drug-likeness (QED) is 0.483. The molecule has 0 amide bonds. The molecule has 0 N–H and O–H groups in total. The third kappa shape index (κ3) is 4.48. The molecular formula is C27H31F3N6. The molecule has 2 fully saturated rings. The number of alkyl halides is 3. The van der Waals surface area contributed by atoms with Gasteiger partial charge in [-0.05, 0) is 68.1 Å². The van der Waals surface area contributed by atoms with Gasteiger partial charge in [0.2, 0.25) is 0 Å². The van der Waals surface area contributed by atoms with E-state index in [4.69, 9.17) is 10.1 Å². The Labute approximate surface area is 208 Å². The average Bonchev–Trinajstić information content (AvgIpc) is 3.25. The molecule has 190 valence electrons. The number of aryl methyl sites for hydroxylation is 2. The van der Waals surface area contributed by atoms with Crippen LogP contribution >= 0.6 is 0 Å². The highest BCUT2D eigenvalue weighted by molar-refractivity contribution is 5.45. The smallest absolute Gasteiger partial charge is 0.370 e. The molecule has 3 aromatic rings. The van der Waals surface area contributed by atoms with Crippen molar-refractivity contribution in [3.05, 3.63) is 65.0 Å². The second kappa shape index (κ2) is 9.16. The zero-order valence-corrected chi connectivity index (χ0v) is 20.5. The van der Waals surface area contributed by atoms with Gasteiger partial charge in [0.1, 0.15) is 5.82 Å². The Morgan fingerprint density at radius 2 is 1.83 bits per heavy atom. The Morgan fingerprint density at radius 3 is 2.58 bits per heavy atom. The number of piperidine rings is 1. The number of nitrogens with zero attached hydrogens (tertiary/aromatic N) is 6. The van der Waals surface area contributed by atoms with Crippen molar-refractivity contribution in [3.8, 4) is 0 Å². The molecular weight excluding hydrogens is 465 g/mol. The van der Waals surface area contributed by atoms with Crippen molar-refractivity contribution in [2.75, 3.05) is 18.0 Å². The van der Waals surface area contributed by atoms with E-state index in [2.05, 4.69) is 21.2 Å². The van der Waals surface area contributed by atoms with E-state index in [1.165, 1.54) is 25.0 Å². The molecule has 0 radical (unpaired) electrons. The molecule has 6 nitrogen and oxygen atoms in total. The summed E-state index contributed by atoms with van der Waals surface area (Å²) in [6.07, 6.45) is 3.48. The van der Waals surface area contributed by atoms with Gasteiger partial charge in [0, 0.05) is 32.0 Å². The van der Waals surface area contributed by atoms with Gasteiger partial charge in [-0.1, -0.05) is 24.6 Å². The lowest BCUT2D eigenvalue weighted by atomic mass is 9.82. The number of benzene rings is 1. The molecule has 3 aliphatic rings. The lowest BCUT2D eigenvalue weighted by molar-refractivity contribution is -0.137. The van der Waals surface area contributed by atoms with E-state index in [-0.39, 0.29) is 5.92 Å². The van der Waals surface area contributed by atoms with E-state index in [1.807, 2.05) is 17.8 Å². The van der Waals surface area contributed by atoms with Crippen LogP contribution in [0.2, 0.25) is 0 Å². The average molecular weight is 497 g/mol. The van der Waals surface area contributed by atoms with E-state index in [9.17, 15) is 13.2 Å². The standard InChI is InChI=1S/C27H31F3N6/c1-17-11-22(14-31-33-17)35-15-19-8-9-20(16-35)24(19)13-25-32-26-23(7-2-3-10-36(26)34-25)18-5-4-6-21(12-18)27(28,29)30/h4-6,11-12,14,19-20,23-24H,2-3,7-10,13,15-16H2,1H3/t19-,20+,23-,24?/m0/s1. The van der Waals surface area contributed by atoms with Gasteiger partial charge in [-0.15, -0.1) is 0 Å². The first kappa shape index (κ1) is 23.4. The Morgan fingerprint density at radius 1 is 1.03 bits per heavy atom. The Balaban J connectivity index is 1.22. The van der Waals surface area contributed by atoms with Crippen molar-refractivity contribution < 1.29 is 13.2 Å². The van der Waals surface area contributed by atoms with Crippen LogP contribution in [-0.4, -0.2) is 38.1 Å². The summed E-state index contributed by atoms with van der Waals surface area (Å²) in [6, 6.07) is 7.85. The predicted octanol–water partition coefficient (Wildman–Crippen LogP) is 5.42. The lowest BCUT2D eigenvalue weighted by Gasteiger charge is -2.39. The predicted molar refractivity (Wildman–Crippen MR) is 130 cm³/mol. The minimum absolute atomic E-state index is 0.156. The van der Waals surface area contributed by atoms with Crippen LogP contribution in [0.4, 0.5) is 18.9 Å². The third-order valence-corrected chi connectivity index (χ3v) is 8.36. The summed E-state index contributed by atoms with van der Waals surface area (Å²) in [5.74, 6) is 3.22. The fourth-order valence-electron chi connectivity index (χ4n) is 6.62. The third-order valence-electron chi connectivity index (χ3n) is 8.36. The second-order valence-corrected chi connectivity index (χ2v) is 10.7. The maximum atomic E-state index is 13.4. The fraction of sp³-hybridized carbons (Fsp3) is 0.556. The van der Waals surface area contributed by atoms with Crippen LogP contribution in [0.5, 0.6) is 0 Å². The van der Waals surface area contributed by atoms with E-state index in [0.29, 0.717) is 23.3 Å². The largest absolute Gasteiger partial charge is 0.416 e. The maximum Gasteiger partial charge on any atom is 0.416 e. The molecule has 1 saturated heterocycles. The number of rotatable bonds is 4. The Kier molecular flexibility index (Phi) is 5.96. The number of hydrogen-bond donors (Lipinski definition) is 0. The van der Waals surface area contributed by atoms with Crippen molar-refractivity contribution in [1.29, 1.82) is 0 Å². The highest BCUT2D eigenvalue weighted by atomic mass is 19.4. The van der Waals surface area contributed by atoms with Gasteiger partial charge in [-0.2, -0.15) is 28.5 Å². The lowest BCUT2D eigenvalue weighted by Crippen LogP contribution is -2.43. The molecule has 1 aliphatic carbocycles. The summed E-state index contributed by atoms with van der Waals surface area (Å²) >= 11 is 0. The summed E-state index contributed by atoms with van der Waals surface area (Å²) in [7, 11) is 0. The van der Waals surface area contributed by atoms with Crippen LogP contribution in [-0.2, 0) is 19.1 Å². The van der Waals surface area contributed by atoms with Crippen molar-refractivity contribution in [2.24, 2.45) is 17.8 Å². The Hall–Kier alpha value is -2.97. The molecule has 4 heterocycles. The molecule has 1 saturated carbocycles. The van der Waals surface area contributed by atoms with Crippen LogP contribution < -0.4 is 4.90 Å². The maximum absolute atomic E-state index is 13.4. The van der Waals surface area contributed by atoms with E-state index < -0.39 is 11.7 Å². The molecule has 1 aromatic carbocycles. The van der Waals surface area contributed by atoms with Gasteiger partial charge >= 0.3 is 6.18 Å². The van der Waals surface area contributed by atoms with Crippen LogP contribution in [0.15, 0.2) is 36.5 Å². The van der Waals surface area contributed by atoms with E-state index >= 15 is 0 Å². The molecule has 1 unspecified atom stereocenters. The van der Waals surface area contributed by atoms with E-state index in [0.717, 1.165) is 74.4 Å². The van der Waals surface area contributed by atoms with Crippen LogP contribution in [0, 0.1) is 24.7 Å². The van der Waals surface area contributed by atoms with Crippen molar-refractivity contribution >= 4 is 5.69 Å². The summed E-state index contributed by atoms with van der Waals surface area (Å²) in [6.45, 7) is 4.76.